The number of fused-ring (bicyclic) bond motifs is 3. The molecule has 0 N–H and O–H groups in total. The summed E-state index contributed by atoms with van der Waals surface area (Å²) < 4.78 is 0. The van der Waals surface area contributed by atoms with Crippen LogP contribution < -0.4 is 4.90 Å². The highest BCUT2D eigenvalue weighted by Crippen LogP contribution is 2.43. The molecule has 1 aliphatic heterocycles. The maximum absolute atomic E-state index is 6.27. The van der Waals surface area contributed by atoms with Crippen LogP contribution in [0.5, 0.6) is 0 Å². The number of allylic oxidation sites excluding steroid dienone is 4. The van der Waals surface area contributed by atoms with E-state index >= 15 is 0 Å². The third-order valence-electron chi connectivity index (χ3n) is 4.21. The molecule has 2 atom stereocenters. The molecule has 4 rings (SSSR count). The van der Waals surface area contributed by atoms with Crippen LogP contribution in [0.15, 0.2) is 78.9 Å². The van der Waals surface area contributed by atoms with E-state index in [0.29, 0.717) is 0 Å². The van der Waals surface area contributed by atoms with E-state index in [-0.39, 0.29) is 10.9 Å². The maximum Gasteiger partial charge on any atom is 0.0715 e. The van der Waals surface area contributed by atoms with Gasteiger partial charge in [0.25, 0.3) is 0 Å². The van der Waals surface area contributed by atoms with E-state index < -0.39 is 0 Å². The minimum atomic E-state index is 0.185. The van der Waals surface area contributed by atoms with Crippen LogP contribution in [0.25, 0.3) is 5.57 Å². The zero-order chi connectivity index (χ0) is 15.8. The van der Waals surface area contributed by atoms with Crippen LogP contribution in [0, 0.1) is 0 Å². The van der Waals surface area contributed by atoms with Crippen molar-refractivity contribution in [1.82, 2.24) is 0 Å². The summed E-state index contributed by atoms with van der Waals surface area (Å²) in [6.07, 6.45) is 10.9. The van der Waals surface area contributed by atoms with E-state index in [2.05, 4.69) is 87.6 Å². The predicted octanol–water partition coefficient (Wildman–Crippen LogP) is 6.13. The Bertz CT molecular complexity index is 823. The third kappa shape index (κ3) is 2.66. The smallest absolute Gasteiger partial charge is 0.0715 e. The molecule has 1 nitrogen and oxygen atoms in total. The van der Waals surface area contributed by atoms with Crippen LogP contribution in [-0.4, -0.2) is 10.9 Å². The van der Waals surface area contributed by atoms with Gasteiger partial charge in [0.2, 0.25) is 0 Å². The summed E-state index contributed by atoms with van der Waals surface area (Å²) in [6.45, 7) is 0. The first kappa shape index (κ1) is 14.8. The molecule has 0 saturated heterocycles. The van der Waals surface area contributed by atoms with Crippen molar-refractivity contribution in [1.29, 1.82) is 0 Å². The van der Waals surface area contributed by atoms with E-state index in [1.165, 1.54) is 22.5 Å². The molecule has 1 unspecified atom stereocenters. The fourth-order valence-corrected chi connectivity index (χ4v) is 3.93. The molecule has 2 aromatic rings. The summed E-state index contributed by atoms with van der Waals surface area (Å²) in [6, 6.07) is 16.8. The van der Waals surface area contributed by atoms with Gasteiger partial charge in [-0.2, -0.15) is 0 Å². The minimum absolute atomic E-state index is 0.185. The zero-order valence-electron chi connectivity index (χ0n) is 12.4. The fraction of sp³-hybridized carbons (Fsp3) is 0.100. The van der Waals surface area contributed by atoms with Gasteiger partial charge in [-0.3, -0.25) is 0 Å². The monoisotopic (exact) mass is 383 g/mol. The van der Waals surface area contributed by atoms with Gasteiger partial charge in [-0.25, -0.2) is 0 Å². The molecule has 0 spiro atoms. The van der Waals surface area contributed by atoms with Gasteiger partial charge in [-0.05, 0) is 35.9 Å². The van der Waals surface area contributed by atoms with Gasteiger partial charge in [0.05, 0.1) is 10.9 Å². The summed E-state index contributed by atoms with van der Waals surface area (Å²) >= 11 is 10.1. The van der Waals surface area contributed by atoms with E-state index in [1.807, 2.05) is 12.1 Å². The summed E-state index contributed by atoms with van der Waals surface area (Å²) in [7, 11) is 0. The average Bonchev–Trinajstić information content (AvgIpc) is 2.57. The molecule has 0 saturated carbocycles. The number of anilines is 2. The molecule has 0 aromatic heterocycles. The Kier molecular flexibility index (Phi) is 3.88. The zero-order valence-corrected chi connectivity index (χ0v) is 14.7. The fourth-order valence-electron chi connectivity index (χ4n) is 3.18. The van der Waals surface area contributed by atoms with E-state index in [1.54, 1.807) is 0 Å². The van der Waals surface area contributed by atoms with Crippen LogP contribution in [0.2, 0.25) is 5.02 Å². The van der Waals surface area contributed by atoms with Crippen LogP contribution in [0.4, 0.5) is 11.4 Å². The lowest BCUT2D eigenvalue weighted by Crippen LogP contribution is -2.32. The molecular formula is C20H15BrClN. The standard InChI is InChI=1S/C20H15BrClN/c21-19-9-5-4-8-16-13-17(19)18-12-14(22)10-11-20(18)23(16)15-6-2-1-3-7-15/h1-13,16,19H/b8-4-,9-5+/t16?,19-/m0/s1. The molecule has 1 heterocycles. The number of alkyl halides is 1. The second-order valence-corrected chi connectivity index (χ2v) is 7.07. The SMILES string of the molecule is Clc1ccc2c(c1)C1=CC(/C=C\C=C\[C@@H]1Br)N2c1ccccc1. The van der Waals surface area contributed by atoms with Crippen LogP contribution >= 0.6 is 27.5 Å². The number of nitrogens with zero attached hydrogens (tertiary/aromatic N) is 1. The van der Waals surface area contributed by atoms with Crippen molar-refractivity contribution in [3.05, 3.63) is 89.5 Å². The Hall–Kier alpha value is -1.77. The van der Waals surface area contributed by atoms with Gasteiger partial charge in [-0.15, -0.1) is 0 Å². The second kappa shape index (κ2) is 6.03. The van der Waals surface area contributed by atoms with Crippen molar-refractivity contribution < 1.29 is 0 Å². The van der Waals surface area contributed by atoms with Crippen molar-refractivity contribution in [2.24, 2.45) is 0 Å². The molecule has 0 radical (unpaired) electrons. The van der Waals surface area contributed by atoms with Gasteiger partial charge < -0.3 is 4.90 Å². The third-order valence-corrected chi connectivity index (χ3v) is 5.24. The Morgan fingerprint density at radius 3 is 2.57 bits per heavy atom. The lowest BCUT2D eigenvalue weighted by atomic mass is 9.91. The number of para-hydroxylation sites is 1. The first-order valence-corrected chi connectivity index (χ1v) is 8.88. The highest BCUT2D eigenvalue weighted by molar-refractivity contribution is 9.09. The highest BCUT2D eigenvalue weighted by Gasteiger charge is 2.29. The lowest BCUT2D eigenvalue weighted by Gasteiger charge is -2.38. The van der Waals surface area contributed by atoms with E-state index in [4.69, 9.17) is 11.6 Å². The van der Waals surface area contributed by atoms with Gasteiger partial charge >= 0.3 is 0 Å². The van der Waals surface area contributed by atoms with E-state index in [0.717, 1.165) is 5.02 Å². The normalized spacial score (nSPS) is 25.0. The molecule has 114 valence electrons. The quantitative estimate of drug-likeness (QED) is 0.534. The number of hydrogen-bond donors (Lipinski definition) is 0. The van der Waals surface area contributed by atoms with Crippen molar-refractivity contribution in [2.45, 2.75) is 10.9 Å². The van der Waals surface area contributed by atoms with Gasteiger partial charge in [-0.1, -0.05) is 76.1 Å². The average molecular weight is 385 g/mol. The number of benzene rings is 2. The predicted molar refractivity (Wildman–Crippen MR) is 103 cm³/mol. The summed E-state index contributed by atoms with van der Waals surface area (Å²) in [5.74, 6) is 0. The first-order chi connectivity index (χ1) is 11.2. The summed E-state index contributed by atoms with van der Waals surface area (Å²) in [4.78, 5) is 2.54. The number of hydrogen-bond acceptors (Lipinski definition) is 1. The van der Waals surface area contributed by atoms with Crippen molar-refractivity contribution in [2.75, 3.05) is 4.90 Å². The summed E-state index contributed by atoms with van der Waals surface area (Å²) in [5, 5.41) is 0.761. The Balaban J connectivity index is 1.96. The Morgan fingerprint density at radius 1 is 0.957 bits per heavy atom. The van der Waals surface area contributed by atoms with Gasteiger partial charge in [0, 0.05) is 22.0 Å². The summed E-state index contributed by atoms with van der Waals surface area (Å²) in [5.41, 5.74) is 4.81. The van der Waals surface area contributed by atoms with Crippen LogP contribution in [-0.2, 0) is 0 Å². The second-order valence-electron chi connectivity index (χ2n) is 5.65. The van der Waals surface area contributed by atoms with Crippen molar-refractivity contribution in [3.8, 4) is 0 Å². The first-order valence-electron chi connectivity index (χ1n) is 7.59. The molecular weight excluding hydrogens is 370 g/mol. The van der Waals surface area contributed by atoms with E-state index in [9.17, 15) is 0 Å². The molecule has 1 aliphatic carbocycles. The number of rotatable bonds is 1. The number of halogens is 2. The maximum atomic E-state index is 6.27. The molecule has 0 fully saturated rings. The molecule has 3 heteroatoms. The van der Waals surface area contributed by atoms with Crippen LogP contribution in [0.3, 0.4) is 0 Å². The topological polar surface area (TPSA) is 3.24 Å². The minimum Gasteiger partial charge on any atom is -0.330 e. The molecule has 2 aliphatic rings. The molecule has 2 bridgehead atoms. The Labute approximate surface area is 149 Å². The van der Waals surface area contributed by atoms with Crippen LogP contribution in [0.1, 0.15) is 5.56 Å². The van der Waals surface area contributed by atoms with Gasteiger partial charge in [0.15, 0.2) is 0 Å². The molecule has 23 heavy (non-hydrogen) atoms. The molecule has 0 amide bonds. The Morgan fingerprint density at radius 2 is 1.74 bits per heavy atom. The van der Waals surface area contributed by atoms with Crippen molar-refractivity contribution >= 4 is 44.5 Å². The lowest BCUT2D eigenvalue weighted by molar-refractivity contribution is 0.923. The van der Waals surface area contributed by atoms with Crippen molar-refractivity contribution in [3.63, 3.8) is 0 Å². The largest absolute Gasteiger partial charge is 0.330 e. The highest BCUT2D eigenvalue weighted by atomic mass is 79.9. The molecule has 2 aromatic carbocycles. The van der Waals surface area contributed by atoms with Gasteiger partial charge in [0.1, 0.15) is 0 Å².